The molecule has 0 radical (unpaired) electrons. The Labute approximate surface area is 76.6 Å². The smallest absolute Gasteiger partial charge is 0.137 e. The number of rotatable bonds is 0. The van der Waals surface area contributed by atoms with Crippen molar-refractivity contribution in [3.8, 4) is 0 Å². The van der Waals surface area contributed by atoms with Crippen LogP contribution in [0.5, 0.6) is 0 Å². The SMILES string of the molecule is CB1CCCC2(CCN(C)C2)C1. The molecule has 2 saturated heterocycles. The first-order valence-electron chi connectivity index (χ1n) is 5.39. The third kappa shape index (κ3) is 1.54. The van der Waals surface area contributed by atoms with E-state index in [2.05, 4.69) is 18.8 Å². The summed E-state index contributed by atoms with van der Waals surface area (Å²) in [6.07, 6.45) is 7.42. The van der Waals surface area contributed by atoms with Gasteiger partial charge < -0.3 is 4.90 Å². The van der Waals surface area contributed by atoms with E-state index in [-0.39, 0.29) is 0 Å². The first-order valence-corrected chi connectivity index (χ1v) is 5.39. The van der Waals surface area contributed by atoms with Crippen molar-refractivity contribution in [2.75, 3.05) is 20.1 Å². The molecule has 0 aromatic carbocycles. The molecule has 2 heteroatoms. The minimum atomic E-state index is 0.742. The molecular weight excluding hydrogens is 145 g/mol. The first-order chi connectivity index (χ1) is 5.70. The molecule has 2 aliphatic heterocycles. The molecule has 0 bridgehead atoms. The normalized spacial score (nSPS) is 38.0. The van der Waals surface area contributed by atoms with Crippen LogP contribution in [-0.2, 0) is 0 Å². The van der Waals surface area contributed by atoms with Crippen molar-refractivity contribution in [1.29, 1.82) is 0 Å². The number of likely N-dealkylation sites (tertiary alicyclic amines) is 1. The Hall–Kier alpha value is 0.0249. The minimum Gasteiger partial charge on any atom is -0.306 e. The van der Waals surface area contributed by atoms with E-state index in [0.29, 0.717) is 0 Å². The summed E-state index contributed by atoms with van der Waals surface area (Å²) < 4.78 is 0. The van der Waals surface area contributed by atoms with E-state index in [1.807, 2.05) is 0 Å². The molecule has 1 unspecified atom stereocenters. The third-order valence-corrected chi connectivity index (χ3v) is 3.81. The van der Waals surface area contributed by atoms with Crippen LogP contribution < -0.4 is 0 Å². The molecule has 0 aromatic rings. The van der Waals surface area contributed by atoms with Gasteiger partial charge in [-0.25, -0.2) is 0 Å². The zero-order valence-corrected chi connectivity index (χ0v) is 8.47. The summed E-state index contributed by atoms with van der Waals surface area (Å²) >= 11 is 0. The molecule has 12 heavy (non-hydrogen) atoms. The molecule has 68 valence electrons. The number of hydrogen-bond donors (Lipinski definition) is 0. The molecule has 0 N–H and O–H groups in total. The molecule has 1 spiro atoms. The van der Waals surface area contributed by atoms with Crippen LogP contribution in [0.2, 0.25) is 19.5 Å². The fourth-order valence-electron chi connectivity index (χ4n) is 3.30. The lowest BCUT2D eigenvalue weighted by Gasteiger charge is -2.35. The van der Waals surface area contributed by atoms with Crippen molar-refractivity contribution < 1.29 is 0 Å². The summed E-state index contributed by atoms with van der Waals surface area (Å²) in [4.78, 5) is 2.51. The maximum Gasteiger partial charge on any atom is 0.137 e. The Morgan fingerprint density at radius 1 is 1.33 bits per heavy atom. The zero-order chi connectivity index (χ0) is 8.60. The quantitative estimate of drug-likeness (QED) is 0.497. The van der Waals surface area contributed by atoms with Crippen LogP contribution >= 0.6 is 0 Å². The van der Waals surface area contributed by atoms with Gasteiger partial charge in [-0.15, -0.1) is 0 Å². The van der Waals surface area contributed by atoms with Crippen LogP contribution in [0.1, 0.15) is 19.3 Å². The van der Waals surface area contributed by atoms with Gasteiger partial charge in [-0.2, -0.15) is 0 Å². The summed E-state index contributed by atoms with van der Waals surface area (Å²) in [5.41, 5.74) is 0.742. The predicted molar refractivity (Wildman–Crippen MR) is 55.0 cm³/mol. The van der Waals surface area contributed by atoms with Crippen LogP contribution in [-0.4, -0.2) is 31.7 Å². The summed E-state index contributed by atoms with van der Waals surface area (Å²) in [6.45, 7) is 6.13. The third-order valence-electron chi connectivity index (χ3n) is 3.81. The van der Waals surface area contributed by atoms with Gasteiger partial charge in [-0.3, -0.25) is 0 Å². The highest BCUT2D eigenvalue weighted by molar-refractivity contribution is 6.57. The van der Waals surface area contributed by atoms with Gasteiger partial charge in [-0.05, 0) is 31.8 Å². The van der Waals surface area contributed by atoms with Gasteiger partial charge in [0.15, 0.2) is 0 Å². The van der Waals surface area contributed by atoms with Gasteiger partial charge >= 0.3 is 0 Å². The van der Waals surface area contributed by atoms with E-state index < -0.39 is 0 Å². The summed E-state index contributed by atoms with van der Waals surface area (Å²) in [7, 11) is 2.27. The summed E-state index contributed by atoms with van der Waals surface area (Å²) in [5, 5.41) is 0. The van der Waals surface area contributed by atoms with Crippen LogP contribution in [0, 0.1) is 5.41 Å². The molecule has 1 nitrogen and oxygen atoms in total. The Morgan fingerprint density at radius 2 is 2.17 bits per heavy atom. The van der Waals surface area contributed by atoms with Crippen molar-refractivity contribution in [3.63, 3.8) is 0 Å². The molecule has 2 rings (SSSR count). The highest BCUT2D eigenvalue weighted by Crippen LogP contribution is 2.43. The monoisotopic (exact) mass is 165 g/mol. The molecular formula is C10H20BN. The van der Waals surface area contributed by atoms with Gasteiger partial charge in [-0.1, -0.05) is 25.9 Å². The summed E-state index contributed by atoms with van der Waals surface area (Å²) in [6, 6.07) is 0. The topological polar surface area (TPSA) is 3.24 Å². The standard InChI is InChI=1S/C10H20BN/c1-11-6-3-4-10(8-11)5-7-12(2)9-10/h3-9H2,1-2H3. The molecule has 2 fully saturated rings. The van der Waals surface area contributed by atoms with Crippen LogP contribution in [0.25, 0.3) is 0 Å². The molecule has 2 heterocycles. The van der Waals surface area contributed by atoms with Crippen LogP contribution in [0.15, 0.2) is 0 Å². The zero-order valence-electron chi connectivity index (χ0n) is 8.47. The molecule has 2 aliphatic rings. The van der Waals surface area contributed by atoms with Crippen molar-refractivity contribution in [2.24, 2.45) is 5.41 Å². The van der Waals surface area contributed by atoms with Gasteiger partial charge in [0.2, 0.25) is 0 Å². The maximum absolute atomic E-state index is 2.51. The van der Waals surface area contributed by atoms with Gasteiger partial charge in [0.25, 0.3) is 0 Å². The number of nitrogens with zero attached hydrogens (tertiary/aromatic N) is 1. The van der Waals surface area contributed by atoms with E-state index in [1.165, 1.54) is 45.0 Å². The van der Waals surface area contributed by atoms with E-state index in [0.717, 1.165) is 12.1 Å². The average molecular weight is 165 g/mol. The Bertz CT molecular complexity index is 167. The second-order valence-electron chi connectivity index (χ2n) is 5.19. The van der Waals surface area contributed by atoms with E-state index in [4.69, 9.17) is 0 Å². The minimum absolute atomic E-state index is 0.742. The maximum atomic E-state index is 2.51. The second kappa shape index (κ2) is 3.06. The second-order valence-corrected chi connectivity index (χ2v) is 5.19. The van der Waals surface area contributed by atoms with Crippen molar-refractivity contribution in [3.05, 3.63) is 0 Å². The Kier molecular flexibility index (Phi) is 2.20. The van der Waals surface area contributed by atoms with E-state index >= 15 is 0 Å². The Morgan fingerprint density at radius 3 is 2.75 bits per heavy atom. The lowest BCUT2D eigenvalue weighted by Crippen LogP contribution is -2.33. The molecule has 1 atom stereocenters. The highest BCUT2D eigenvalue weighted by Gasteiger charge is 2.39. The Balaban J connectivity index is 2.00. The van der Waals surface area contributed by atoms with Gasteiger partial charge in [0.1, 0.15) is 6.71 Å². The van der Waals surface area contributed by atoms with Crippen molar-refractivity contribution in [2.45, 2.75) is 38.7 Å². The lowest BCUT2D eigenvalue weighted by atomic mass is 9.38. The lowest BCUT2D eigenvalue weighted by molar-refractivity contribution is 0.275. The highest BCUT2D eigenvalue weighted by atomic mass is 15.1. The van der Waals surface area contributed by atoms with Crippen LogP contribution in [0.4, 0.5) is 0 Å². The van der Waals surface area contributed by atoms with Crippen molar-refractivity contribution in [1.82, 2.24) is 4.90 Å². The van der Waals surface area contributed by atoms with Gasteiger partial charge in [0.05, 0.1) is 0 Å². The molecule has 0 aromatic heterocycles. The predicted octanol–water partition coefficient (Wildman–Crippen LogP) is 2.23. The number of hydrogen-bond acceptors (Lipinski definition) is 1. The van der Waals surface area contributed by atoms with Gasteiger partial charge in [0, 0.05) is 6.54 Å². The van der Waals surface area contributed by atoms with E-state index in [1.54, 1.807) is 0 Å². The summed E-state index contributed by atoms with van der Waals surface area (Å²) in [5.74, 6) is 0. The molecule has 0 aliphatic carbocycles. The molecule has 0 amide bonds. The van der Waals surface area contributed by atoms with Crippen molar-refractivity contribution >= 4 is 6.71 Å². The fourth-order valence-corrected chi connectivity index (χ4v) is 3.30. The largest absolute Gasteiger partial charge is 0.306 e. The van der Waals surface area contributed by atoms with Crippen LogP contribution in [0.3, 0.4) is 0 Å². The van der Waals surface area contributed by atoms with E-state index in [9.17, 15) is 0 Å². The fraction of sp³-hybridized carbons (Fsp3) is 1.00. The average Bonchev–Trinajstić information content (AvgIpc) is 2.32. The molecule has 0 saturated carbocycles. The first kappa shape index (κ1) is 8.62.